The topological polar surface area (TPSA) is 85.7 Å². The molecule has 0 spiro atoms. The van der Waals surface area contributed by atoms with Crippen LogP contribution in [0.15, 0.2) is 138 Å². The lowest BCUT2D eigenvalue weighted by atomic mass is 9.87. The highest BCUT2D eigenvalue weighted by atomic mass is 16.6. The predicted octanol–water partition coefficient (Wildman–Crippen LogP) is 7.58. The highest BCUT2D eigenvalue weighted by Gasteiger charge is 2.42. The Hall–Kier alpha value is -4.23. The van der Waals surface area contributed by atoms with E-state index in [2.05, 4.69) is 10.0 Å². The lowest BCUT2D eigenvalue weighted by Crippen LogP contribution is -2.52. The molecule has 0 aliphatic heterocycles. The summed E-state index contributed by atoms with van der Waals surface area (Å²) in [6, 6.07) is 39.4. The number of benzene rings is 4. The fourth-order valence-electron chi connectivity index (χ4n) is 5.01. The molecule has 7 heteroatoms. The maximum atomic E-state index is 9.51. The van der Waals surface area contributed by atoms with Crippen LogP contribution in [0.1, 0.15) is 22.3 Å². The van der Waals surface area contributed by atoms with E-state index in [0.29, 0.717) is 33.0 Å². The summed E-state index contributed by atoms with van der Waals surface area (Å²) in [4.78, 5) is 3.16. The fraction of sp³-hybridized carbons (Fsp3) is 0.257. The molecular formula is C35H35N3O4. The molecule has 0 heterocycles. The van der Waals surface area contributed by atoms with Crippen LogP contribution in [0.25, 0.3) is 10.4 Å². The summed E-state index contributed by atoms with van der Waals surface area (Å²) >= 11 is 0. The molecular weight excluding hydrogens is 526 g/mol. The summed E-state index contributed by atoms with van der Waals surface area (Å²) in [5.74, 6) is 0. The molecule has 214 valence electrons. The lowest BCUT2D eigenvalue weighted by molar-refractivity contribution is -0.151. The van der Waals surface area contributed by atoms with Crippen LogP contribution in [0.4, 0.5) is 0 Å². The Bertz CT molecular complexity index is 1430. The van der Waals surface area contributed by atoms with Crippen molar-refractivity contribution in [1.29, 1.82) is 0 Å². The van der Waals surface area contributed by atoms with Gasteiger partial charge in [-0.3, -0.25) is 0 Å². The molecule has 1 aliphatic rings. The minimum absolute atomic E-state index is 0.294. The standard InChI is InChI=1S/C35H35N3O4/c36-38-37-32-21-31(26-39-22-27-13-5-1-6-14-27)33(40-23-28-15-7-2-8-16-28)35(42-25-30-19-11-4-12-20-30)34(32)41-24-29-17-9-3-10-18-29/h1-21,32-35H,22-26H2/t32-,33+,34-,35-/m0/s1. The van der Waals surface area contributed by atoms with Crippen molar-refractivity contribution in [2.45, 2.75) is 50.8 Å². The Labute approximate surface area is 247 Å². The molecule has 0 radical (unpaired) electrons. The van der Waals surface area contributed by atoms with Crippen LogP contribution in [0.3, 0.4) is 0 Å². The SMILES string of the molecule is [N-]=[N+]=N[C@H]1C=C(COCc2ccccc2)[C@@H](OCc2ccccc2)[C@H](OCc2ccccc2)[C@H]1OCc1ccccc1. The molecule has 0 saturated carbocycles. The average molecular weight is 562 g/mol. The van der Waals surface area contributed by atoms with Gasteiger partial charge in [0.2, 0.25) is 0 Å². The second-order valence-electron chi connectivity index (χ2n) is 10.2. The molecule has 5 rings (SSSR count). The van der Waals surface area contributed by atoms with E-state index in [0.717, 1.165) is 27.8 Å². The summed E-state index contributed by atoms with van der Waals surface area (Å²) in [5, 5.41) is 4.14. The maximum Gasteiger partial charge on any atom is 0.115 e. The summed E-state index contributed by atoms with van der Waals surface area (Å²) in [6.45, 7) is 1.81. The van der Waals surface area contributed by atoms with E-state index >= 15 is 0 Å². The third-order valence-electron chi connectivity index (χ3n) is 7.12. The summed E-state index contributed by atoms with van der Waals surface area (Å²) < 4.78 is 25.9. The fourth-order valence-corrected chi connectivity index (χ4v) is 5.01. The van der Waals surface area contributed by atoms with E-state index in [9.17, 15) is 5.53 Å². The number of hydrogen-bond donors (Lipinski definition) is 0. The van der Waals surface area contributed by atoms with Gasteiger partial charge in [0.1, 0.15) is 12.2 Å². The summed E-state index contributed by atoms with van der Waals surface area (Å²) in [7, 11) is 0. The Morgan fingerprint density at radius 1 is 0.524 bits per heavy atom. The first kappa shape index (κ1) is 29.3. The van der Waals surface area contributed by atoms with Crippen molar-refractivity contribution in [3.63, 3.8) is 0 Å². The molecule has 0 fully saturated rings. The molecule has 0 saturated heterocycles. The molecule has 0 amide bonds. The number of hydrogen-bond acceptors (Lipinski definition) is 5. The third kappa shape index (κ3) is 8.40. The Morgan fingerprint density at radius 2 is 0.952 bits per heavy atom. The largest absolute Gasteiger partial charge is 0.372 e. The molecule has 42 heavy (non-hydrogen) atoms. The monoisotopic (exact) mass is 561 g/mol. The first-order valence-corrected chi connectivity index (χ1v) is 14.1. The van der Waals surface area contributed by atoms with Crippen LogP contribution in [0, 0.1) is 0 Å². The summed E-state index contributed by atoms with van der Waals surface area (Å²) in [6.07, 6.45) is 0.297. The van der Waals surface area contributed by atoms with Crippen molar-refractivity contribution < 1.29 is 18.9 Å². The van der Waals surface area contributed by atoms with Gasteiger partial charge in [0.15, 0.2) is 0 Å². The second-order valence-corrected chi connectivity index (χ2v) is 10.2. The molecule has 1 aliphatic carbocycles. The van der Waals surface area contributed by atoms with Crippen LogP contribution in [-0.4, -0.2) is 31.0 Å². The van der Waals surface area contributed by atoms with E-state index < -0.39 is 24.4 Å². The maximum absolute atomic E-state index is 9.51. The highest BCUT2D eigenvalue weighted by molar-refractivity contribution is 5.25. The zero-order valence-electron chi connectivity index (χ0n) is 23.4. The first-order valence-electron chi connectivity index (χ1n) is 14.1. The van der Waals surface area contributed by atoms with Gasteiger partial charge in [-0.05, 0) is 33.4 Å². The van der Waals surface area contributed by atoms with Gasteiger partial charge in [-0.2, -0.15) is 0 Å². The normalized spacial score (nSPS) is 20.0. The smallest absolute Gasteiger partial charge is 0.115 e. The van der Waals surface area contributed by atoms with Gasteiger partial charge in [-0.15, -0.1) is 0 Å². The van der Waals surface area contributed by atoms with E-state index in [4.69, 9.17) is 18.9 Å². The molecule has 4 aromatic rings. The van der Waals surface area contributed by atoms with Crippen LogP contribution in [-0.2, 0) is 45.4 Å². The molecule has 7 nitrogen and oxygen atoms in total. The van der Waals surface area contributed by atoms with Crippen LogP contribution in [0.5, 0.6) is 0 Å². The van der Waals surface area contributed by atoms with Gasteiger partial charge < -0.3 is 18.9 Å². The average Bonchev–Trinajstić information content (AvgIpc) is 3.05. The van der Waals surface area contributed by atoms with E-state index in [1.54, 1.807) is 0 Å². The van der Waals surface area contributed by atoms with Gasteiger partial charge in [-0.1, -0.05) is 133 Å². The van der Waals surface area contributed by atoms with Crippen molar-refractivity contribution in [3.8, 4) is 0 Å². The minimum atomic E-state index is -0.605. The Kier molecular flexibility index (Phi) is 10.9. The van der Waals surface area contributed by atoms with Gasteiger partial charge in [0.05, 0.1) is 45.2 Å². The van der Waals surface area contributed by atoms with Gasteiger partial charge in [0, 0.05) is 4.91 Å². The minimum Gasteiger partial charge on any atom is -0.372 e. The Balaban J connectivity index is 1.44. The predicted molar refractivity (Wildman–Crippen MR) is 162 cm³/mol. The molecule has 0 aromatic heterocycles. The van der Waals surface area contributed by atoms with Crippen molar-refractivity contribution in [3.05, 3.63) is 166 Å². The van der Waals surface area contributed by atoms with Crippen LogP contribution in [0.2, 0.25) is 0 Å². The zero-order valence-corrected chi connectivity index (χ0v) is 23.4. The lowest BCUT2D eigenvalue weighted by Gasteiger charge is -2.40. The molecule has 4 atom stereocenters. The van der Waals surface area contributed by atoms with E-state index in [-0.39, 0.29) is 0 Å². The molecule has 0 bridgehead atoms. The Morgan fingerprint density at radius 3 is 1.43 bits per heavy atom. The van der Waals surface area contributed by atoms with Gasteiger partial charge in [0.25, 0.3) is 0 Å². The zero-order chi connectivity index (χ0) is 28.8. The van der Waals surface area contributed by atoms with Crippen molar-refractivity contribution >= 4 is 0 Å². The van der Waals surface area contributed by atoms with Gasteiger partial charge >= 0.3 is 0 Å². The third-order valence-corrected chi connectivity index (χ3v) is 7.12. The second kappa shape index (κ2) is 15.7. The van der Waals surface area contributed by atoms with E-state index in [1.807, 2.05) is 127 Å². The quantitative estimate of drug-likeness (QED) is 0.0687. The van der Waals surface area contributed by atoms with Crippen LogP contribution >= 0.6 is 0 Å². The molecule has 0 N–H and O–H groups in total. The number of ether oxygens (including phenoxy) is 4. The summed E-state index contributed by atoms with van der Waals surface area (Å²) in [5.41, 5.74) is 14.5. The molecule has 0 unspecified atom stereocenters. The highest BCUT2D eigenvalue weighted by Crippen LogP contribution is 2.32. The van der Waals surface area contributed by atoms with Crippen molar-refractivity contribution in [1.82, 2.24) is 0 Å². The van der Waals surface area contributed by atoms with Gasteiger partial charge in [-0.25, -0.2) is 0 Å². The van der Waals surface area contributed by atoms with Crippen molar-refractivity contribution in [2.24, 2.45) is 5.11 Å². The number of rotatable bonds is 14. The van der Waals surface area contributed by atoms with Crippen LogP contribution < -0.4 is 0 Å². The number of azide groups is 1. The molecule has 4 aromatic carbocycles. The van der Waals surface area contributed by atoms with Crippen molar-refractivity contribution in [2.75, 3.05) is 6.61 Å². The van der Waals surface area contributed by atoms with E-state index in [1.165, 1.54) is 0 Å². The number of nitrogens with zero attached hydrogens (tertiary/aromatic N) is 3. The first-order chi connectivity index (χ1) is 20.8.